The second-order valence-electron chi connectivity index (χ2n) is 3.61. The van der Waals surface area contributed by atoms with E-state index in [1.165, 1.54) is 6.20 Å². The van der Waals surface area contributed by atoms with Crippen molar-refractivity contribution in [3.05, 3.63) is 47.3 Å². The smallest absolute Gasteiger partial charge is 0.347 e. The number of aromatic nitrogens is 2. The fraction of sp³-hybridized carbons (Fsp3) is 0.167. The molecule has 1 aromatic heterocycles. The molecule has 0 radical (unpaired) electrons. The average Bonchev–Trinajstić information content (AvgIpc) is 2.75. The number of benzene rings is 1. The molecule has 1 aromatic carbocycles. The molecular formula is C12H10F2N2O2. The van der Waals surface area contributed by atoms with Gasteiger partial charge in [0.2, 0.25) is 0 Å². The monoisotopic (exact) mass is 252 g/mol. The Bertz CT molecular complexity index is 561. The zero-order valence-corrected chi connectivity index (χ0v) is 9.54. The third-order valence-corrected chi connectivity index (χ3v) is 2.34. The lowest BCUT2D eigenvalue weighted by atomic mass is 10.2. The van der Waals surface area contributed by atoms with E-state index in [0.717, 1.165) is 12.1 Å². The Labute approximate surface area is 102 Å². The van der Waals surface area contributed by atoms with Crippen molar-refractivity contribution in [2.75, 3.05) is 0 Å². The van der Waals surface area contributed by atoms with Gasteiger partial charge in [0.05, 0.1) is 6.20 Å². The Balaban J connectivity index is 2.21. The van der Waals surface area contributed by atoms with Crippen molar-refractivity contribution in [1.29, 1.82) is 0 Å². The number of ether oxygens (including phenoxy) is 1. The molecule has 0 fully saturated rings. The highest BCUT2D eigenvalue weighted by Crippen LogP contribution is 2.17. The maximum absolute atomic E-state index is 12.9. The van der Waals surface area contributed by atoms with Crippen LogP contribution >= 0.6 is 0 Å². The van der Waals surface area contributed by atoms with Gasteiger partial charge >= 0.3 is 5.97 Å². The number of carbonyl (C=O) groups excluding carboxylic acids is 1. The molecule has 0 atom stereocenters. The molecule has 6 heteroatoms. The molecule has 94 valence electrons. The highest BCUT2D eigenvalue weighted by Gasteiger charge is 2.15. The van der Waals surface area contributed by atoms with E-state index in [-0.39, 0.29) is 11.3 Å². The SMILES string of the molecule is CCc1[nH]ncc1C(=O)Oc1cc(F)cc(F)c1. The largest absolute Gasteiger partial charge is 0.423 e. The summed E-state index contributed by atoms with van der Waals surface area (Å²) in [4.78, 5) is 11.8. The van der Waals surface area contributed by atoms with Gasteiger partial charge in [0.1, 0.15) is 22.9 Å². The van der Waals surface area contributed by atoms with E-state index in [2.05, 4.69) is 10.2 Å². The number of esters is 1. The lowest BCUT2D eigenvalue weighted by molar-refractivity contribution is 0.0733. The number of rotatable bonds is 3. The van der Waals surface area contributed by atoms with Gasteiger partial charge < -0.3 is 4.74 Å². The van der Waals surface area contributed by atoms with Crippen LogP contribution in [-0.4, -0.2) is 16.2 Å². The zero-order chi connectivity index (χ0) is 13.1. The van der Waals surface area contributed by atoms with Crippen LogP contribution in [0, 0.1) is 11.6 Å². The molecule has 2 rings (SSSR count). The van der Waals surface area contributed by atoms with Gasteiger partial charge in [-0.05, 0) is 6.42 Å². The van der Waals surface area contributed by atoms with E-state index >= 15 is 0 Å². The minimum Gasteiger partial charge on any atom is -0.423 e. The minimum absolute atomic E-state index is 0.180. The van der Waals surface area contributed by atoms with Crippen molar-refractivity contribution in [2.45, 2.75) is 13.3 Å². The number of halogens is 2. The van der Waals surface area contributed by atoms with E-state index in [9.17, 15) is 13.6 Å². The van der Waals surface area contributed by atoms with Crippen molar-refractivity contribution in [1.82, 2.24) is 10.2 Å². The molecule has 0 unspecified atom stereocenters. The topological polar surface area (TPSA) is 55.0 Å². The van der Waals surface area contributed by atoms with Crippen LogP contribution in [-0.2, 0) is 6.42 Å². The summed E-state index contributed by atoms with van der Waals surface area (Å²) in [6.45, 7) is 1.84. The summed E-state index contributed by atoms with van der Waals surface area (Å²) in [5.74, 6) is -2.49. The summed E-state index contributed by atoms with van der Waals surface area (Å²) in [7, 11) is 0. The van der Waals surface area contributed by atoms with Crippen LogP contribution in [0.15, 0.2) is 24.4 Å². The van der Waals surface area contributed by atoms with Crippen LogP contribution in [0.2, 0.25) is 0 Å². The molecule has 0 aliphatic rings. The predicted molar refractivity (Wildman–Crippen MR) is 59.3 cm³/mol. The standard InChI is InChI=1S/C12H10F2N2O2/c1-2-11-10(6-15-16-11)12(17)18-9-4-7(13)3-8(14)5-9/h3-6H,2H2,1H3,(H,15,16). The lowest BCUT2D eigenvalue weighted by Gasteiger charge is -2.04. The average molecular weight is 252 g/mol. The van der Waals surface area contributed by atoms with Crippen LogP contribution in [0.25, 0.3) is 0 Å². The van der Waals surface area contributed by atoms with E-state index in [1.807, 2.05) is 6.92 Å². The van der Waals surface area contributed by atoms with Crippen LogP contribution in [0.3, 0.4) is 0 Å². The molecule has 0 bridgehead atoms. The van der Waals surface area contributed by atoms with Gasteiger partial charge in [0, 0.05) is 23.9 Å². The fourth-order valence-electron chi connectivity index (χ4n) is 1.51. The van der Waals surface area contributed by atoms with Crippen LogP contribution in [0.1, 0.15) is 23.0 Å². The van der Waals surface area contributed by atoms with Crippen LogP contribution < -0.4 is 4.74 Å². The van der Waals surface area contributed by atoms with E-state index < -0.39 is 17.6 Å². The van der Waals surface area contributed by atoms with Crippen molar-refractivity contribution in [3.63, 3.8) is 0 Å². The summed E-state index contributed by atoms with van der Waals surface area (Å²) in [5.41, 5.74) is 0.860. The molecule has 4 nitrogen and oxygen atoms in total. The Kier molecular flexibility index (Phi) is 3.36. The maximum Gasteiger partial charge on any atom is 0.347 e. The molecule has 0 aliphatic heterocycles. The first kappa shape index (κ1) is 12.2. The summed E-state index contributed by atoms with van der Waals surface area (Å²) < 4.78 is 30.7. The minimum atomic E-state index is -0.805. The highest BCUT2D eigenvalue weighted by atomic mass is 19.1. The Morgan fingerprint density at radius 2 is 2.00 bits per heavy atom. The second-order valence-corrected chi connectivity index (χ2v) is 3.61. The summed E-state index contributed by atoms with van der Waals surface area (Å²) in [6.07, 6.45) is 1.89. The van der Waals surface area contributed by atoms with Gasteiger partial charge in [0.15, 0.2) is 0 Å². The highest BCUT2D eigenvalue weighted by molar-refractivity contribution is 5.91. The van der Waals surface area contributed by atoms with Gasteiger partial charge in [-0.3, -0.25) is 5.10 Å². The number of H-pyrrole nitrogens is 1. The zero-order valence-electron chi connectivity index (χ0n) is 9.54. The van der Waals surface area contributed by atoms with Crippen molar-refractivity contribution < 1.29 is 18.3 Å². The van der Waals surface area contributed by atoms with Crippen molar-refractivity contribution in [2.24, 2.45) is 0 Å². The molecule has 18 heavy (non-hydrogen) atoms. The number of carbonyl (C=O) groups is 1. The van der Waals surface area contributed by atoms with Gasteiger partial charge in [-0.15, -0.1) is 0 Å². The molecule has 0 saturated heterocycles. The third-order valence-electron chi connectivity index (χ3n) is 2.34. The van der Waals surface area contributed by atoms with Crippen molar-refractivity contribution in [3.8, 4) is 5.75 Å². The summed E-state index contributed by atoms with van der Waals surface area (Å²) in [5, 5.41) is 6.36. The molecular weight excluding hydrogens is 242 g/mol. The Morgan fingerprint density at radius 1 is 1.33 bits per heavy atom. The number of aryl methyl sites for hydroxylation is 1. The number of hydrogen-bond donors (Lipinski definition) is 1. The van der Waals surface area contributed by atoms with Crippen LogP contribution in [0.4, 0.5) is 8.78 Å². The van der Waals surface area contributed by atoms with Gasteiger partial charge in [-0.2, -0.15) is 5.10 Å². The Hall–Kier alpha value is -2.24. The fourth-order valence-corrected chi connectivity index (χ4v) is 1.51. The molecule has 0 aliphatic carbocycles. The van der Waals surface area contributed by atoms with E-state index in [0.29, 0.717) is 18.2 Å². The quantitative estimate of drug-likeness (QED) is 0.674. The van der Waals surface area contributed by atoms with Gasteiger partial charge in [-0.1, -0.05) is 6.92 Å². The van der Waals surface area contributed by atoms with E-state index in [4.69, 9.17) is 4.74 Å². The number of hydrogen-bond acceptors (Lipinski definition) is 3. The van der Waals surface area contributed by atoms with Crippen LogP contribution in [0.5, 0.6) is 5.75 Å². The van der Waals surface area contributed by atoms with E-state index in [1.54, 1.807) is 0 Å². The first-order valence-corrected chi connectivity index (χ1v) is 5.30. The molecule has 0 saturated carbocycles. The first-order valence-electron chi connectivity index (χ1n) is 5.30. The molecule has 0 spiro atoms. The number of nitrogens with one attached hydrogen (secondary N) is 1. The first-order chi connectivity index (χ1) is 8.60. The van der Waals surface area contributed by atoms with Gasteiger partial charge in [-0.25, -0.2) is 13.6 Å². The molecule has 1 heterocycles. The predicted octanol–water partition coefficient (Wildman–Crippen LogP) is 2.47. The molecule has 0 amide bonds. The van der Waals surface area contributed by atoms with Crippen molar-refractivity contribution >= 4 is 5.97 Å². The molecule has 1 N–H and O–H groups in total. The Morgan fingerprint density at radius 3 is 2.61 bits per heavy atom. The number of aromatic amines is 1. The van der Waals surface area contributed by atoms with Gasteiger partial charge in [0.25, 0.3) is 0 Å². The number of nitrogens with zero attached hydrogens (tertiary/aromatic N) is 1. The summed E-state index contributed by atoms with van der Waals surface area (Å²) >= 11 is 0. The second kappa shape index (κ2) is 4.95. The maximum atomic E-state index is 12.9. The third kappa shape index (κ3) is 2.53. The molecule has 2 aromatic rings. The lowest BCUT2D eigenvalue weighted by Crippen LogP contribution is -2.10. The summed E-state index contributed by atoms with van der Waals surface area (Å²) in [6, 6.07) is 2.58. The normalized spacial score (nSPS) is 10.4.